The lowest BCUT2D eigenvalue weighted by Gasteiger charge is -2.46. The molecular formula is C16H22ClN3O. The summed E-state index contributed by atoms with van der Waals surface area (Å²) in [5, 5.41) is 0.510. The maximum atomic E-state index is 12.7. The van der Waals surface area contributed by atoms with Gasteiger partial charge in [0.1, 0.15) is 0 Å². The molecule has 2 fully saturated rings. The molecule has 114 valence electrons. The monoisotopic (exact) mass is 307 g/mol. The Bertz CT molecular complexity index is 548. The van der Waals surface area contributed by atoms with E-state index in [4.69, 9.17) is 11.6 Å². The first-order chi connectivity index (χ1) is 10.1. The third-order valence-corrected chi connectivity index (χ3v) is 5.17. The Balaban J connectivity index is 1.74. The normalized spacial score (nSPS) is 26.5. The number of aromatic nitrogens is 1. The van der Waals surface area contributed by atoms with Crippen molar-refractivity contribution in [2.75, 3.05) is 26.7 Å². The lowest BCUT2D eigenvalue weighted by atomic mass is 9.84. The molecule has 0 aliphatic carbocycles. The van der Waals surface area contributed by atoms with E-state index < -0.39 is 0 Å². The number of aryl methyl sites for hydroxylation is 1. The minimum absolute atomic E-state index is 0.0270. The van der Waals surface area contributed by atoms with Gasteiger partial charge in [-0.2, -0.15) is 0 Å². The zero-order chi connectivity index (χ0) is 15.0. The van der Waals surface area contributed by atoms with Crippen molar-refractivity contribution in [3.05, 3.63) is 28.5 Å². The molecular weight excluding hydrogens is 286 g/mol. The van der Waals surface area contributed by atoms with Gasteiger partial charge in [-0.3, -0.25) is 9.78 Å². The molecule has 21 heavy (non-hydrogen) atoms. The maximum absolute atomic E-state index is 12.7. The standard InChI is InChI=1S/C16H22ClN3O/c1-11-8-14(17)13(9-18-11)16(21)20-7-5-15-12(10-20)4-3-6-19(15)2/h8-9,12,15H,3-7,10H2,1-2H3. The van der Waals surface area contributed by atoms with Crippen molar-refractivity contribution >= 4 is 17.5 Å². The Morgan fingerprint density at radius 1 is 1.38 bits per heavy atom. The number of nitrogens with zero attached hydrogens (tertiary/aromatic N) is 3. The SMILES string of the molecule is Cc1cc(Cl)c(C(=O)N2CCC3C(CCCN3C)C2)cn1. The summed E-state index contributed by atoms with van der Waals surface area (Å²) in [7, 11) is 2.20. The van der Waals surface area contributed by atoms with Crippen molar-refractivity contribution in [2.45, 2.75) is 32.2 Å². The zero-order valence-corrected chi connectivity index (χ0v) is 13.4. The number of piperidine rings is 2. The van der Waals surface area contributed by atoms with E-state index in [1.807, 2.05) is 11.8 Å². The highest BCUT2D eigenvalue weighted by atomic mass is 35.5. The summed E-state index contributed by atoms with van der Waals surface area (Å²) in [6, 6.07) is 2.39. The highest BCUT2D eigenvalue weighted by Gasteiger charge is 2.36. The number of halogens is 1. The average Bonchev–Trinajstić information content (AvgIpc) is 2.46. The van der Waals surface area contributed by atoms with Crippen LogP contribution in [0, 0.1) is 12.8 Å². The Morgan fingerprint density at radius 2 is 2.19 bits per heavy atom. The van der Waals surface area contributed by atoms with E-state index in [9.17, 15) is 4.79 Å². The minimum atomic E-state index is 0.0270. The first-order valence-electron chi connectivity index (χ1n) is 7.68. The fourth-order valence-electron chi connectivity index (χ4n) is 3.69. The minimum Gasteiger partial charge on any atom is -0.338 e. The van der Waals surface area contributed by atoms with E-state index >= 15 is 0 Å². The van der Waals surface area contributed by atoms with E-state index in [-0.39, 0.29) is 5.91 Å². The first kappa shape index (κ1) is 14.8. The van der Waals surface area contributed by atoms with Gasteiger partial charge >= 0.3 is 0 Å². The third kappa shape index (κ3) is 2.92. The van der Waals surface area contributed by atoms with Gasteiger partial charge in [-0.15, -0.1) is 0 Å². The summed E-state index contributed by atoms with van der Waals surface area (Å²) < 4.78 is 0. The van der Waals surface area contributed by atoms with Crippen LogP contribution >= 0.6 is 11.6 Å². The molecule has 5 heteroatoms. The number of carbonyl (C=O) groups is 1. The van der Waals surface area contributed by atoms with Gasteiger partial charge in [0.2, 0.25) is 0 Å². The second-order valence-corrected chi connectivity index (χ2v) is 6.70. The topological polar surface area (TPSA) is 36.4 Å². The van der Waals surface area contributed by atoms with Gasteiger partial charge in [0.15, 0.2) is 0 Å². The predicted molar refractivity (Wildman–Crippen MR) is 83.6 cm³/mol. The zero-order valence-electron chi connectivity index (χ0n) is 12.7. The lowest BCUT2D eigenvalue weighted by Crippen LogP contribution is -2.53. The van der Waals surface area contributed by atoms with E-state index in [0.717, 1.165) is 25.2 Å². The fourth-order valence-corrected chi connectivity index (χ4v) is 3.98. The predicted octanol–water partition coefficient (Wildman–Crippen LogP) is 2.60. The van der Waals surface area contributed by atoms with Gasteiger partial charge in [-0.25, -0.2) is 0 Å². The second kappa shape index (κ2) is 5.93. The van der Waals surface area contributed by atoms with Crippen LogP contribution in [0.15, 0.2) is 12.3 Å². The molecule has 0 saturated carbocycles. The number of hydrogen-bond acceptors (Lipinski definition) is 3. The molecule has 2 aliphatic rings. The van der Waals surface area contributed by atoms with Gasteiger partial charge in [0.25, 0.3) is 5.91 Å². The largest absolute Gasteiger partial charge is 0.338 e. The highest BCUT2D eigenvalue weighted by Crippen LogP contribution is 2.30. The van der Waals surface area contributed by atoms with Crippen LogP contribution in [0.2, 0.25) is 5.02 Å². The summed E-state index contributed by atoms with van der Waals surface area (Å²) in [5.74, 6) is 0.623. The van der Waals surface area contributed by atoms with Gasteiger partial charge in [0, 0.05) is 31.0 Å². The first-order valence-corrected chi connectivity index (χ1v) is 8.05. The summed E-state index contributed by atoms with van der Waals surface area (Å²) in [5.41, 5.74) is 1.37. The smallest absolute Gasteiger partial charge is 0.256 e. The molecule has 0 bridgehead atoms. The molecule has 3 rings (SSSR count). The quantitative estimate of drug-likeness (QED) is 0.800. The van der Waals surface area contributed by atoms with Crippen molar-refractivity contribution in [2.24, 2.45) is 5.92 Å². The summed E-state index contributed by atoms with van der Waals surface area (Å²) >= 11 is 6.21. The molecule has 4 nitrogen and oxygen atoms in total. The van der Waals surface area contributed by atoms with E-state index in [1.54, 1.807) is 12.3 Å². The molecule has 2 unspecified atom stereocenters. The van der Waals surface area contributed by atoms with Crippen molar-refractivity contribution in [1.29, 1.82) is 0 Å². The Kier molecular flexibility index (Phi) is 4.18. The molecule has 0 radical (unpaired) electrons. The Morgan fingerprint density at radius 3 is 2.95 bits per heavy atom. The van der Waals surface area contributed by atoms with Crippen LogP contribution in [-0.4, -0.2) is 53.4 Å². The van der Waals surface area contributed by atoms with E-state index in [2.05, 4.69) is 16.9 Å². The molecule has 2 saturated heterocycles. The third-order valence-electron chi connectivity index (χ3n) is 4.85. The van der Waals surface area contributed by atoms with Crippen molar-refractivity contribution in [3.63, 3.8) is 0 Å². The van der Waals surface area contributed by atoms with Crippen LogP contribution in [0.3, 0.4) is 0 Å². The molecule has 0 spiro atoms. The van der Waals surface area contributed by atoms with Crippen molar-refractivity contribution in [3.8, 4) is 0 Å². The number of likely N-dealkylation sites (tertiary alicyclic amines) is 2. The number of pyridine rings is 1. The van der Waals surface area contributed by atoms with Gasteiger partial charge in [0.05, 0.1) is 10.6 Å². The molecule has 2 aliphatic heterocycles. The van der Waals surface area contributed by atoms with Crippen LogP contribution < -0.4 is 0 Å². The summed E-state index contributed by atoms with van der Waals surface area (Å²) in [4.78, 5) is 21.3. The van der Waals surface area contributed by atoms with Gasteiger partial charge in [-0.05, 0) is 51.8 Å². The lowest BCUT2D eigenvalue weighted by molar-refractivity contribution is 0.0317. The summed E-state index contributed by atoms with van der Waals surface area (Å²) in [6.45, 7) is 4.72. The molecule has 2 atom stereocenters. The number of amides is 1. The highest BCUT2D eigenvalue weighted by molar-refractivity contribution is 6.33. The number of fused-ring (bicyclic) bond motifs is 1. The van der Waals surface area contributed by atoms with Gasteiger partial charge < -0.3 is 9.80 Å². The van der Waals surface area contributed by atoms with Crippen LogP contribution in [-0.2, 0) is 0 Å². The molecule has 1 amide bonds. The molecule has 1 aromatic heterocycles. The van der Waals surface area contributed by atoms with E-state index in [0.29, 0.717) is 22.5 Å². The summed E-state index contributed by atoms with van der Waals surface area (Å²) in [6.07, 6.45) is 5.12. The van der Waals surface area contributed by atoms with Crippen LogP contribution in [0.1, 0.15) is 35.3 Å². The van der Waals surface area contributed by atoms with Crippen molar-refractivity contribution < 1.29 is 4.79 Å². The molecule has 0 aromatic carbocycles. The average molecular weight is 308 g/mol. The maximum Gasteiger partial charge on any atom is 0.256 e. The molecule has 3 heterocycles. The molecule has 1 aromatic rings. The van der Waals surface area contributed by atoms with Gasteiger partial charge in [-0.1, -0.05) is 11.6 Å². The number of carbonyl (C=O) groups excluding carboxylic acids is 1. The number of rotatable bonds is 1. The Labute approximate surface area is 131 Å². The molecule has 0 N–H and O–H groups in total. The second-order valence-electron chi connectivity index (χ2n) is 6.30. The number of hydrogen-bond donors (Lipinski definition) is 0. The van der Waals surface area contributed by atoms with Crippen molar-refractivity contribution in [1.82, 2.24) is 14.8 Å². The fraction of sp³-hybridized carbons (Fsp3) is 0.625. The van der Waals surface area contributed by atoms with Crippen LogP contribution in [0.5, 0.6) is 0 Å². The van der Waals surface area contributed by atoms with E-state index in [1.165, 1.54) is 19.4 Å². The Hall–Kier alpha value is -1.13. The van der Waals surface area contributed by atoms with Crippen LogP contribution in [0.4, 0.5) is 0 Å². The van der Waals surface area contributed by atoms with Crippen LogP contribution in [0.25, 0.3) is 0 Å².